The number of ether oxygens (including phenoxy) is 3. The van der Waals surface area contributed by atoms with E-state index >= 15 is 0 Å². The van der Waals surface area contributed by atoms with Crippen molar-refractivity contribution >= 4 is 32.6 Å². The van der Waals surface area contributed by atoms with Crippen molar-refractivity contribution in [3.05, 3.63) is 47.5 Å². The zero-order valence-electron chi connectivity index (χ0n) is 17.5. The SMILES string of the molecule is Cc1ccc2nc(N(CCCN3CCOCC3)C(=O)c3ccc4c(c3)OCO4)sc2c1. The molecule has 8 heteroatoms. The molecule has 1 amide bonds. The van der Waals surface area contributed by atoms with Gasteiger partial charge in [0.15, 0.2) is 16.6 Å². The summed E-state index contributed by atoms with van der Waals surface area (Å²) in [6, 6.07) is 11.5. The Morgan fingerprint density at radius 1 is 1.13 bits per heavy atom. The van der Waals surface area contributed by atoms with Crippen molar-refractivity contribution in [2.45, 2.75) is 13.3 Å². The molecular formula is C23H25N3O4S. The van der Waals surface area contributed by atoms with E-state index in [0.717, 1.165) is 54.6 Å². The quantitative estimate of drug-likeness (QED) is 0.584. The standard InChI is InChI=1S/C23H25N3O4S/c1-16-3-5-18-21(13-16)31-23(24-18)26(8-2-7-25-9-11-28-12-10-25)22(27)17-4-6-19-20(14-17)30-15-29-19/h3-6,13-14H,2,7-12,15H2,1H3. The number of hydrogen-bond donors (Lipinski definition) is 0. The Balaban J connectivity index is 1.40. The van der Waals surface area contributed by atoms with Crippen molar-refractivity contribution in [1.82, 2.24) is 9.88 Å². The number of rotatable bonds is 6. The largest absolute Gasteiger partial charge is 0.454 e. The molecule has 2 aromatic carbocycles. The van der Waals surface area contributed by atoms with Crippen molar-refractivity contribution in [3.63, 3.8) is 0 Å². The van der Waals surface area contributed by atoms with Crippen LogP contribution in [0, 0.1) is 6.92 Å². The summed E-state index contributed by atoms with van der Waals surface area (Å²) in [4.78, 5) is 22.5. The van der Waals surface area contributed by atoms with Crippen LogP contribution in [0.4, 0.5) is 5.13 Å². The molecule has 2 aliphatic rings. The van der Waals surface area contributed by atoms with E-state index in [-0.39, 0.29) is 12.7 Å². The monoisotopic (exact) mass is 439 g/mol. The number of benzene rings is 2. The second kappa shape index (κ2) is 8.82. The molecule has 1 aromatic heterocycles. The van der Waals surface area contributed by atoms with Gasteiger partial charge in [-0.15, -0.1) is 0 Å². The molecule has 162 valence electrons. The third-order valence-corrected chi connectivity index (χ3v) is 6.63. The van der Waals surface area contributed by atoms with Gasteiger partial charge in [0.05, 0.1) is 23.4 Å². The number of carbonyl (C=O) groups is 1. The molecule has 5 rings (SSSR count). The molecule has 2 aliphatic heterocycles. The number of aromatic nitrogens is 1. The van der Waals surface area contributed by atoms with Gasteiger partial charge < -0.3 is 14.2 Å². The van der Waals surface area contributed by atoms with Gasteiger partial charge >= 0.3 is 0 Å². The lowest BCUT2D eigenvalue weighted by molar-refractivity contribution is 0.0376. The molecule has 3 aromatic rings. The topological polar surface area (TPSA) is 64.1 Å². The molecular weight excluding hydrogens is 414 g/mol. The van der Waals surface area contributed by atoms with E-state index in [1.807, 2.05) is 12.1 Å². The van der Waals surface area contributed by atoms with Gasteiger partial charge in [-0.25, -0.2) is 4.98 Å². The van der Waals surface area contributed by atoms with Crippen LogP contribution < -0.4 is 14.4 Å². The summed E-state index contributed by atoms with van der Waals surface area (Å²) in [5.41, 5.74) is 2.68. The highest BCUT2D eigenvalue weighted by Crippen LogP contribution is 2.34. The molecule has 7 nitrogen and oxygen atoms in total. The van der Waals surface area contributed by atoms with Gasteiger partial charge in [0.2, 0.25) is 6.79 Å². The van der Waals surface area contributed by atoms with Gasteiger partial charge in [-0.2, -0.15) is 0 Å². The summed E-state index contributed by atoms with van der Waals surface area (Å²) in [6.07, 6.45) is 0.866. The molecule has 0 aliphatic carbocycles. The van der Waals surface area contributed by atoms with E-state index in [4.69, 9.17) is 19.2 Å². The fraction of sp³-hybridized carbons (Fsp3) is 0.391. The molecule has 3 heterocycles. The number of carbonyl (C=O) groups excluding carboxylic acids is 1. The molecule has 0 N–H and O–H groups in total. The van der Waals surface area contributed by atoms with Crippen LogP contribution >= 0.6 is 11.3 Å². The summed E-state index contributed by atoms with van der Waals surface area (Å²) in [6.45, 7) is 7.22. The first-order chi connectivity index (χ1) is 15.2. The Hall–Kier alpha value is -2.68. The number of nitrogens with zero attached hydrogens (tertiary/aromatic N) is 3. The first-order valence-electron chi connectivity index (χ1n) is 10.6. The highest BCUT2D eigenvalue weighted by Gasteiger charge is 2.24. The van der Waals surface area contributed by atoms with E-state index in [9.17, 15) is 4.79 Å². The van der Waals surface area contributed by atoms with Gasteiger partial charge in [0.25, 0.3) is 5.91 Å². The predicted octanol–water partition coefficient (Wildman–Crippen LogP) is 3.70. The minimum absolute atomic E-state index is 0.0731. The first-order valence-corrected chi connectivity index (χ1v) is 11.4. The lowest BCUT2D eigenvalue weighted by Crippen LogP contribution is -2.39. The van der Waals surface area contributed by atoms with Crippen LogP contribution in [0.15, 0.2) is 36.4 Å². The van der Waals surface area contributed by atoms with Gasteiger partial charge in [-0.3, -0.25) is 14.6 Å². The highest BCUT2D eigenvalue weighted by molar-refractivity contribution is 7.22. The molecule has 0 unspecified atom stereocenters. The fourth-order valence-corrected chi connectivity index (χ4v) is 4.97. The average Bonchev–Trinajstić information content (AvgIpc) is 3.42. The predicted molar refractivity (Wildman–Crippen MR) is 120 cm³/mol. The van der Waals surface area contributed by atoms with Crippen LogP contribution in [-0.4, -0.2) is 62.0 Å². The Labute approximate surface area is 185 Å². The van der Waals surface area contributed by atoms with Crippen LogP contribution in [0.3, 0.4) is 0 Å². The van der Waals surface area contributed by atoms with Gasteiger partial charge in [-0.1, -0.05) is 17.4 Å². The Morgan fingerprint density at radius 2 is 1.97 bits per heavy atom. The van der Waals surface area contributed by atoms with Crippen LogP contribution in [0.25, 0.3) is 10.2 Å². The van der Waals surface area contributed by atoms with E-state index in [1.165, 1.54) is 5.56 Å². The zero-order valence-corrected chi connectivity index (χ0v) is 18.3. The zero-order chi connectivity index (χ0) is 21.2. The van der Waals surface area contributed by atoms with Crippen molar-refractivity contribution in [3.8, 4) is 11.5 Å². The molecule has 0 bridgehead atoms. The third kappa shape index (κ3) is 4.37. The number of hydrogen-bond acceptors (Lipinski definition) is 7. The van der Waals surface area contributed by atoms with E-state index in [1.54, 1.807) is 34.4 Å². The number of anilines is 1. The summed E-state index contributed by atoms with van der Waals surface area (Å²) in [7, 11) is 0. The first kappa shape index (κ1) is 20.2. The molecule has 0 atom stereocenters. The molecule has 0 saturated carbocycles. The van der Waals surface area contributed by atoms with E-state index in [2.05, 4.69) is 17.9 Å². The number of aryl methyl sites for hydroxylation is 1. The van der Waals surface area contributed by atoms with Crippen LogP contribution in [0.1, 0.15) is 22.3 Å². The summed E-state index contributed by atoms with van der Waals surface area (Å²) >= 11 is 1.56. The summed E-state index contributed by atoms with van der Waals surface area (Å²) < 4.78 is 17.4. The lowest BCUT2D eigenvalue weighted by Gasteiger charge is -2.27. The second-order valence-corrected chi connectivity index (χ2v) is 8.81. The molecule has 1 saturated heterocycles. The maximum Gasteiger partial charge on any atom is 0.260 e. The van der Waals surface area contributed by atoms with Gasteiger partial charge in [-0.05, 0) is 49.2 Å². The average molecular weight is 440 g/mol. The number of thiazole rings is 1. The van der Waals surface area contributed by atoms with Crippen molar-refractivity contribution in [2.24, 2.45) is 0 Å². The summed E-state index contributed by atoms with van der Waals surface area (Å²) in [5, 5.41) is 0.727. The Kier molecular flexibility index (Phi) is 5.76. The van der Waals surface area contributed by atoms with Crippen LogP contribution in [0.5, 0.6) is 11.5 Å². The number of amides is 1. The van der Waals surface area contributed by atoms with Crippen LogP contribution in [-0.2, 0) is 4.74 Å². The van der Waals surface area contributed by atoms with E-state index < -0.39 is 0 Å². The number of fused-ring (bicyclic) bond motifs is 2. The maximum absolute atomic E-state index is 13.5. The minimum atomic E-state index is -0.0731. The van der Waals surface area contributed by atoms with Gasteiger partial charge in [0.1, 0.15) is 0 Å². The van der Waals surface area contributed by atoms with E-state index in [0.29, 0.717) is 23.6 Å². The van der Waals surface area contributed by atoms with Crippen molar-refractivity contribution in [2.75, 3.05) is 51.1 Å². The maximum atomic E-state index is 13.5. The molecule has 0 spiro atoms. The summed E-state index contributed by atoms with van der Waals surface area (Å²) in [5.74, 6) is 1.21. The van der Waals surface area contributed by atoms with Crippen molar-refractivity contribution in [1.29, 1.82) is 0 Å². The molecule has 1 fully saturated rings. The number of morpholine rings is 1. The highest BCUT2D eigenvalue weighted by atomic mass is 32.1. The smallest absolute Gasteiger partial charge is 0.260 e. The minimum Gasteiger partial charge on any atom is -0.454 e. The molecule has 0 radical (unpaired) electrons. The Morgan fingerprint density at radius 3 is 2.84 bits per heavy atom. The molecule has 31 heavy (non-hydrogen) atoms. The van der Waals surface area contributed by atoms with Gasteiger partial charge in [0, 0.05) is 31.7 Å². The lowest BCUT2D eigenvalue weighted by atomic mass is 10.1. The third-order valence-electron chi connectivity index (χ3n) is 5.59. The second-order valence-electron chi connectivity index (χ2n) is 7.80. The normalized spacial score (nSPS) is 16.0. The Bertz CT molecular complexity index is 1090. The van der Waals surface area contributed by atoms with Crippen molar-refractivity contribution < 1.29 is 19.0 Å². The van der Waals surface area contributed by atoms with Crippen LogP contribution in [0.2, 0.25) is 0 Å². The fourth-order valence-electron chi connectivity index (χ4n) is 3.88.